The average molecular weight is 295 g/mol. The first kappa shape index (κ1) is 14.8. The maximum absolute atomic E-state index is 12.5. The Balaban J connectivity index is 1.89. The molecule has 0 fully saturated rings. The molecule has 0 aromatic heterocycles. The number of ether oxygens (including phenoxy) is 1. The second-order valence-electron chi connectivity index (χ2n) is 5.52. The number of ketones is 1. The molecule has 1 atom stereocenters. The van der Waals surface area contributed by atoms with Crippen LogP contribution in [0.25, 0.3) is 11.1 Å². The largest absolute Gasteiger partial charge is 0.475 e. The van der Waals surface area contributed by atoms with Crippen LogP contribution in [0.2, 0.25) is 0 Å². The maximum atomic E-state index is 12.5. The molecule has 0 saturated heterocycles. The molecule has 0 saturated carbocycles. The average Bonchev–Trinajstić information content (AvgIpc) is 2.82. The highest BCUT2D eigenvalue weighted by molar-refractivity contribution is 6.21. The topological polar surface area (TPSA) is 29.5 Å². The highest BCUT2D eigenvalue weighted by Gasteiger charge is 2.26. The third-order valence-electron chi connectivity index (χ3n) is 4.33. The van der Waals surface area contributed by atoms with Crippen molar-refractivity contribution in [3.05, 3.63) is 53.6 Å². The van der Waals surface area contributed by atoms with Crippen molar-refractivity contribution in [1.82, 2.24) is 4.90 Å². The number of rotatable bonds is 5. The van der Waals surface area contributed by atoms with Crippen LogP contribution in [0.1, 0.15) is 36.7 Å². The molecule has 1 aliphatic rings. The normalized spacial score (nSPS) is 13.9. The Bertz CT molecular complexity index is 704. The molecule has 22 heavy (non-hydrogen) atoms. The van der Waals surface area contributed by atoms with Crippen LogP contribution >= 0.6 is 0 Å². The first-order valence-corrected chi connectivity index (χ1v) is 7.84. The third-order valence-corrected chi connectivity index (χ3v) is 4.33. The smallest absolute Gasteiger partial charge is 0.194 e. The standard InChI is InChI=1S/C19H21NO2/c1-4-20(5-2)13(3)22-14-10-11-16-15-8-6-7-9-17(15)19(21)18(16)12-14/h6-13H,4-5H2,1-3H3. The fourth-order valence-corrected chi connectivity index (χ4v) is 3.09. The minimum atomic E-state index is -0.00747. The van der Waals surface area contributed by atoms with Gasteiger partial charge in [-0.25, -0.2) is 0 Å². The minimum Gasteiger partial charge on any atom is -0.475 e. The van der Waals surface area contributed by atoms with E-state index in [1.165, 1.54) is 0 Å². The van der Waals surface area contributed by atoms with Crippen molar-refractivity contribution in [3.8, 4) is 16.9 Å². The number of carbonyl (C=O) groups excluding carboxylic acids is 1. The van der Waals surface area contributed by atoms with Crippen LogP contribution in [0.15, 0.2) is 42.5 Å². The molecule has 3 nitrogen and oxygen atoms in total. The van der Waals surface area contributed by atoms with Crippen molar-refractivity contribution in [2.75, 3.05) is 13.1 Å². The molecule has 0 spiro atoms. The summed E-state index contributed by atoms with van der Waals surface area (Å²) in [5.41, 5.74) is 3.55. The molecule has 2 aromatic carbocycles. The zero-order valence-corrected chi connectivity index (χ0v) is 13.3. The lowest BCUT2D eigenvalue weighted by Gasteiger charge is -2.27. The predicted octanol–water partition coefficient (Wildman–Crippen LogP) is 3.96. The molecule has 1 unspecified atom stereocenters. The van der Waals surface area contributed by atoms with Crippen LogP contribution in [0, 0.1) is 0 Å². The molecule has 3 heteroatoms. The van der Waals surface area contributed by atoms with Crippen molar-refractivity contribution in [1.29, 1.82) is 0 Å². The van der Waals surface area contributed by atoms with Crippen molar-refractivity contribution in [3.63, 3.8) is 0 Å². The summed E-state index contributed by atoms with van der Waals surface area (Å²) in [5, 5.41) is 0. The summed E-state index contributed by atoms with van der Waals surface area (Å²) in [6.45, 7) is 8.15. The summed E-state index contributed by atoms with van der Waals surface area (Å²) in [7, 11) is 0. The lowest BCUT2D eigenvalue weighted by atomic mass is 10.1. The molecule has 2 aromatic rings. The van der Waals surface area contributed by atoms with Crippen molar-refractivity contribution in [2.24, 2.45) is 0 Å². The van der Waals surface area contributed by atoms with Gasteiger partial charge in [0, 0.05) is 11.1 Å². The van der Waals surface area contributed by atoms with E-state index < -0.39 is 0 Å². The zero-order chi connectivity index (χ0) is 15.7. The molecule has 0 aliphatic heterocycles. The van der Waals surface area contributed by atoms with Crippen molar-refractivity contribution in [2.45, 2.75) is 27.0 Å². The van der Waals surface area contributed by atoms with E-state index in [0.717, 1.165) is 41.1 Å². The van der Waals surface area contributed by atoms with E-state index in [2.05, 4.69) is 18.7 Å². The molecular formula is C19H21NO2. The van der Waals surface area contributed by atoms with Gasteiger partial charge in [0.25, 0.3) is 0 Å². The van der Waals surface area contributed by atoms with Crippen LogP contribution in [-0.2, 0) is 0 Å². The summed E-state index contributed by atoms with van der Waals surface area (Å²) in [4.78, 5) is 14.7. The Morgan fingerprint density at radius 2 is 1.59 bits per heavy atom. The number of carbonyl (C=O) groups is 1. The minimum absolute atomic E-state index is 0.00747. The van der Waals surface area contributed by atoms with Crippen LogP contribution in [-0.4, -0.2) is 30.0 Å². The Morgan fingerprint density at radius 3 is 2.27 bits per heavy atom. The number of hydrogen-bond acceptors (Lipinski definition) is 3. The maximum Gasteiger partial charge on any atom is 0.194 e. The lowest BCUT2D eigenvalue weighted by Crippen LogP contribution is -2.36. The monoisotopic (exact) mass is 295 g/mol. The molecule has 3 rings (SSSR count). The third kappa shape index (κ3) is 2.42. The first-order valence-electron chi connectivity index (χ1n) is 7.84. The molecule has 0 heterocycles. The molecule has 0 bridgehead atoms. The second kappa shape index (κ2) is 5.93. The number of nitrogens with zero attached hydrogens (tertiary/aromatic N) is 1. The second-order valence-corrected chi connectivity index (χ2v) is 5.52. The Kier molecular flexibility index (Phi) is 3.99. The van der Waals surface area contributed by atoms with Crippen LogP contribution in [0.4, 0.5) is 0 Å². The summed E-state index contributed by atoms with van der Waals surface area (Å²) >= 11 is 0. The molecule has 0 N–H and O–H groups in total. The Hall–Kier alpha value is -2.13. The predicted molar refractivity (Wildman–Crippen MR) is 88.3 cm³/mol. The van der Waals surface area contributed by atoms with E-state index in [4.69, 9.17) is 4.74 Å². The lowest BCUT2D eigenvalue weighted by molar-refractivity contribution is 0.0480. The van der Waals surface area contributed by atoms with Gasteiger partial charge in [-0.05, 0) is 49.3 Å². The first-order chi connectivity index (χ1) is 10.7. The molecule has 114 valence electrons. The van der Waals surface area contributed by atoms with Crippen LogP contribution in [0.5, 0.6) is 5.75 Å². The van der Waals surface area contributed by atoms with E-state index in [0.29, 0.717) is 0 Å². The fourth-order valence-electron chi connectivity index (χ4n) is 3.09. The summed E-state index contributed by atoms with van der Waals surface area (Å²) < 4.78 is 6.00. The number of benzene rings is 2. The van der Waals surface area contributed by atoms with E-state index in [-0.39, 0.29) is 12.0 Å². The van der Waals surface area contributed by atoms with Gasteiger partial charge in [0.05, 0.1) is 0 Å². The van der Waals surface area contributed by atoms with Crippen molar-refractivity contribution < 1.29 is 9.53 Å². The molecule has 0 amide bonds. The van der Waals surface area contributed by atoms with Crippen LogP contribution in [0.3, 0.4) is 0 Å². The molecule has 1 aliphatic carbocycles. The molecular weight excluding hydrogens is 274 g/mol. The van der Waals surface area contributed by atoms with E-state index in [1.807, 2.05) is 49.4 Å². The Morgan fingerprint density at radius 1 is 0.955 bits per heavy atom. The highest BCUT2D eigenvalue weighted by Crippen LogP contribution is 2.38. The van der Waals surface area contributed by atoms with Gasteiger partial charge >= 0.3 is 0 Å². The number of fused-ring (bicyclic) bond motifs is 3. The van der Waals surface area contributed by atoms with Crippen LogP contribution < -0.4 is 4.74 Å². The van der Waals surface area contributed by atoms with Gasteiger partial charge in [0.15, 0.2) is 5.78 Å². The quantitative estimate of drug-likeness (QED) is 0.667. The summed E-state index contributed by atoms with van der Waals surface area (Å²) in [5.74, 6) is 0.839. The summed E-state index contributed by atoms with van der Waals surface area (Å²) in [6, 6.07) is 13.6. The summed E-state index contributed by atoms with van der Waals surface area (Å²) in [6.07, 6.45) is -0.00747. The van der Waals surface area contributed by atoms with Gasteiger partial charge < -0.3 is 4.74 Å². The van der Waals surface area contributed by atoms with Gasteiger partial charge in [-0.2, -0.15) is 0 Å². The zero-order valence-electron chi connectivity index (χ0n) is 13.3. The SMILES string of the molecule is CCN(CC)C(C)Oc1ccc2c(c1)C(=O)c1ccccc1-2. The fraction of sp³-hybridized carbons (Fsp3) is 0.316. The van der Waals surface area contributed by atoms with Gasteiger partial charge in [-0.3, -0.25) is 9.69 Å². The Labute approximate surface area is 131 Å². The van der Waals surface area contributed by atoms with Gasteiger partial charge in [0.2, 0.25) is 0 Å². The van der Waals surface area contributed by atoms with Gasteiger partial charge in [0.1, 0.15) is 12.0 Å². The van der Waals surface area contributed by atoms with E-state index in [1.54, 1.807) is 0 Å². The van der Waals surface area contributed by atoms with E-state index in [9.17, 15) is 4.79 Å². The van der Waals surface area contributed by atoms with E-state index >= 15 is 0 Å². The van der Waals surface area contributed by atoms with Gasteiger partial charge in [-0.1, -0.05) is 38.1 Å². The molecule has 0 radical (unpaired) electrons. The van der Waals surface area contributed by atoms with Gasteiger partial charge in [-0.15, -0.1) is 0 Å². The van der Waals surface area contributed by atoms with Crippen molar-refractivity contribution >= 4 is 5.78 Å². The number of hydrogen-bond donors (Lipinski definition) is 0. The highest BCUT2D eigenvalue weighted by atomic mass is 16.5.